The second kappa shape index (κ2) is 4.15. The molecule has 0 radical (unpaired) electrons. The summed E-state index contributed by atoms with van der Waals surface area (Å²) in [4.78, 5) is 0. The molecule has 0 saturated heterocycles. The maximum absolute atomic E-state index is 9.59. The molecule has 2 aromatic rings. The van der Waals surface area contributed by atoms with E-state index in [0.717, 1.165) is 0 Å². The summed E-state index contributed by atoms with van der Waals surface area (Å²) >= 11 is 0. The molecule has 1 aromatic heterocycles. The van der Waals surface area contributed by atoms with E-state index in [1.165, 1.54) is 13.2 Å². The molecule has 0 aliphatic heterocycles. The molecule has 1 heterocycles. The Labute approximate surface area is 91.2 Å². The first kappa shape index (κ1) is 10.4. The van der Waals surface area contributed by atoms with E-state index in [2.05, 4.69) is 20.6 Å². The maximum atomic E-state index is 9.59. The summed E-state index contributed by atoms with van der Waals surface area (Å²) < 4.78 is 4.93. The number of ether oxygens (including phenoxy) is 1. The Balaban J connectivity index is 2.31. The third kappa shape index (κ3) is 1.80. The smallest absolute Gasteiger partial charge is 0.195 e. The molecule has 16 heavy (non-hydrogen) atoms. The van der Waals surface area contributed by atoms with Crippen LogP contribution in [0.2, 0.25) is 0 Å². The number of benzene rings is 1. The van der Waals surface area contributed by atoms with Crippen LogP contribution in [0.1, 0.15) is 17.4 Å². The molecule has 0 saturated carbocycles. The van der Waals surface area contributed by atoms with Crippen molar-refractivity contribution in [2.75, 3.05) is 7.11 Å². The van der Waals surface area contributed by atoms with Gasteiger partial charge in [-0.15, -0.1) is 10.2 Å². The first-order valence-corrected chi connectivity index (χ1v) is 4.58. The Bertz CT molecular complexity index is 471. The number of methoxy groups -OCH3 is 1. The monoisotopic (exact) mass is 221 g/mol. The number of nitrogens with one attached hydrogen (secondary N) is 1. The van der Waals surface area contributed by atoms with Gasteiger partial charge in [0.2, 0.25) is 0 Å². The number of phenols is 1. The number of H-pyrrole nitrogens is 1. The first-order valence-electron chi connectivity index (χ1n) is 4.58. The van der Waals surface area contributed by atoms with Crippen LogP contribution in [0.3, 0.4) is 0 Å². The molecule has 7 nitrogen and oxygen atoms in total. The highest BCUT2D eigenvalue weighted by molar-refractivity contribution is 5.43. The maximum Gasteiger partial charge on any atom is 0.195 e. The molecule has 2 rings (SSSR count). The molecular weight excluding hydrogens is 210 g/mol. The minimum Gasteiger partial charge on any atom is -0.504 e. The number of nitrogens with zero attached hydrogens (tertiary/aromatic N) is 3. The highest BCUT2D eigenvalue weighted by Gasteiger charge is 2.15. The predicted molar refractivity (Wildman–Crippen MR) is 54.9 cm³/mol. The van der Waals surface area contributed by atoms with Gasteiger partial charge in [0.1, 0.15) is 0 Å². The average Bonchev–Trinajstić information content (AvgIpc) is 2.81. The van der Waals surface area contributed by atoms with Crippen LogP contribution in [0, 0.1) is 0 Å². The van der Waals surface area contributed by atoms with E-state index in [9.17, 15) is 5.11 Å². The van der Waals surface area contributed by atoms with Crippen LogP contribution < -0.4 is 10.5 Å². The van der Waals surface area contributed by atoms with Gasteiger partial charge in [-0.25, -0.2) is 0 Å². The molecule has 84 valence electrons. The van der Waals surface area contributed by atoms with E-state index in [1.54, 1.807) is 12.1 Å². The van der Waals surface area contributed by atoms with Gasteiger partial charge in [-0.3, -0.25) is 0 Å². The Morgan fingerprint density at radius 1 is 1.50 bits per heavy atom. The SMILES string of the molecule is COc1ccc(C(N)c2nn[nH]n2)cc1O. The third-order valence-electron chi connectivity index (χ3n) is 2.20. The number of aromatic amines is 1. The van der Waals surface area contributed by atoms with E-state index in [0.29, 0.717) is 17.1 Å². The lowest BCUT2D eigenvalue weighted by Crippen LogP contribution is -2.13. The van der Waals surface area contributed by atoms with Crippen LogP contribution in [0.15, 0.2) is 18.2 Å². The second-order valence-electron chi connectivity index (χ2n) is 3.18. The highest BCUT2D eigenvalue weighted by Crippen LogP contribution is 2.29. The van der Waals surface area contributed by atoms with E-state index >= 15 is 0 Å². The van der Waals surface area contributed by atoms with Crippen molar-refractivity contribution in [3.63, 3.8) is 0 Å². The molecule has 0 fully saturated rings. The van der Waals surface area contributed by atoms with Crippen LogP contribution in [0.25, 0.3) is 0 Å². The van der Waals surface area contributed by atoms with Gasteiger partial charge < -0.3 is 15.6 Å². The standard InChI is InChI=1S/C9H11N5O2/c1-16-7-3-2-5(4-6(7)15)8(10)9-11-13-14-12-9/h2-4,8,15H,10H2,1H3,(H,11,12,13,14). The normalized spacial score (nSPS) is 12.4. The number of aromatic hydroxyl groups is 1. The summed E-state index contributed by atoms with van der Waals surface area (Å²) in [5.74, 6) is 0.785. The second-order valence-corrected chi connectivity index (χ2v) is 3.18. The molecule has 0 aliphatic rings. The van der Waals surface area contributed by atoms with Crippen molar-refractivity contribution in [1.82, 2.24) is 20.6 Å². The van der Waals surface area contributed by atoms with Crippen LogP contribution in [0.4, 0.5) is 0 Å². The first-order chi connectivity index (χ1) is 7.72. The molecule has 0 aliphatic carbocycles. The van der Waals surface area contributed by atoms with E-state index in [-0.39, 0.29) is 5.75 Å². The summed E-state index contributed by atoms with van der Waals surface area (Å²) in [5.41, 5.74) is 6.56. The molecule has 0 amide bonds. The Hall–Kier alpha value is -2.15. The van der Waals surface area contributed by atoms with Crippen LogP contribution in [-0.4, -0.2) is 32.8 Å². The van der Waals surface area contributed by atoms with Crippen molar-refractivity contribution in [2.24, 2.45) is 5.73 Å². The summed E-state index contributed by atoms with van der Waals surface area (Å²) in [6.07, 6.45) is 0. The fourth-order valence-electron chi connectivity index (χ4n) is 1.35. The zero-order valence-corrected chi connectivity index (χ0v) is 8.58. The van der Waals surface area contributed by atoms with Crippen molar-refractivity contribution in [1.29, 1.82) is 0 Å². The van der Waals surface area contributed by atoms with E-state index in [1.807, 2.05) is 0 Å². The predicted octanol–water partition coefficient (Wildman–Crippen LogP) is -0.0380. The van der Waals surface area contributed by atoms with Gasteiger partial charge in [-0.1, -0.05) is 11.3 Å². The molecule has 1 atom stereocenters. The van der Waals surface area contributed by atoms with Gasteiger partial charge in [0.05, 0.1) is 13.2 Å². The van der Waals surface area contributed by atoms with Gasteiger partial charge in [-0.05, 0) is 17.7 Å². The summed E-state index contributed by atoms with van der Waals surface area (Å²) in [7, 11) is 1.48. The van der Waals surface area contributed by atoms with E-state index < -0.39 is 6.04 Å². The minimum absolute atomic E-state index is 0.0268. The van der Waals surface area contributed by atoms with E-state index in [4.69, 9.17) is 10.5 Å². The number of hydrogen-bond acceptors (Lipinski definition) is 6. The number of hydrogen-bond donors (Lipinski definition) is 3. The molecule has 4 N–H and O–H groups in total. The van der Waals surface area contributed by atoms with Crippen molar-refractivity contribution in [3.05, 3.63) is 29.6 Å². The van der Waals surface area contributed by atoms with Crippen molar-refractivity contribution in [2.45, 2.75) is 6.04 Å². The molecule has 0 bridgehead atoms. The fourth-order valence-corrected chi connectivity index (χ4v) is 1.35. The van der Waals surface area contributed by atoms with Gasteiger partial charge in [0.15, 0.2) is 17.3 Å². The van der Waals surface area contributed by atoms with Crippen molar-refractivity contribution < 1.29 is 9.84 Å². The Kier molecular flexibility index (Phi) is 2.69. The quantitative estimate of drug-likeness (QED) is 0.670. The zero-order valence-electron chi connectivity index (χ0n) is 8.58. The number of rotatable bonds is 3. The number of phenolic OH excluding ortho intramolecular Hbond substituents is 1. The van der Waals surface area contributed by atoms with Crippen molar-refractivity contribution >= 4 is 0 Å². The lowest BCUT2D eigenvalue weighted by atomic mass is 10.1. The lowest BCUT2D eigenvalue weighted by Gasteiger charge is -2.09. The largest absolute Gasteiger partial charge is 0.504 e. The Morgan fingerprint density at radius 3 is 2.88 bits per heavy atom. The summed E-state index contributed by atoms with van der Waals surface area (Å²) in [6.45, 7) is 0. The number of aromatic nitrogens is 4. The summed E-state index contributed by atoms with van der Waals surface area (Å²) in [6, 6.07) is 4.35. The van der Waals surface area contributed by atoms with Gasteiger partial charge >= 0.3 is 0 Å². The number of nitrogens with two attached hydrogens (primary N) is 1. The lowest BCUT2D eigenvalue weighted by molar-refractivity contribution is 0.373. The van der Waals surface area contributed by atoms with Gasteiger partial charge in [0, 0.05) is 0 Å². The van der Waals surface area contributed by atoms with Crippen LogP contribution in [0.5, 0.6) is 11.5 Å². The molecule has 1 unspecified atom stereocenters. The van der Waals surface area contributed by atoms with Crippen LogP contribution in [-0.2, 0) is 0 Å². The Morgan fingerprint density at radius 2 is 2.31 bits per heavy atom. The average molecular weight is 221 g/mol. The van der Waals surface area contributed by atoms with Crippen molar-refractivity contribution in [3.8, 4) is 11.5 Å². The molecular formula is C9H11N5O2. The zero-order chi connectivity index (χ0) is 11.5. The molecule has 0 spiro atoms. The molecule has 7 heteroatoms. The summed E-state index contributed by atoms with van der Waals surface area (Å²) in [5, 5.41) is 22.9. The minimum atomic E-state index is -0.532. The highest BCUT2D eigenvalue weighted by atomic mass is 16.5. The fraction of sp³-hybridized carbons (Fsp3) is 0.222. The van der Waals surface area contributed by atoms with Crippen LogP contribution >= 0.6 is 0 Å². The van der Waals surface area contributed by atoms with Gasteiger partial charge in [-0.2, -0.15) is 5.21 Å². The topological polar surface area (TPSA) is 110 Å². The van der Waals surface area contributed by atoms with Gasteiger partial charge in [0.25, 0.3) is 0 Å². The molecule has 1 aromatic carbocycles. The third-order valence-corrected chi connectivity index (χ3v) is 2.20. The number of tetrazole rings is 1.